The zero-order chi connectivity index (χ0) is 21.6. The van der Waals surface area contributed by atoms with Crippen molar-refractivity contribution in [1.29, 1.82) is 0 Å². The number of rotatable bonds is 3. The lowest BCUT2D eigenvalue weighted by atomic mass is 9.92. The zero-order valence-corrected chi connectivity index (χ0v) is 17.7. The van der Waals surface area contributed by atoms with Crippen molar-refractivity contribution in [1.82, 2.24) is 19.7 Å². The fraction of sp³-hybridized carbons (Fsp3) is 0.455. The van der Waals surface area contributed by atoms with Crippen LogP contribution in [0.1, 0.15) is 40.2 Å². The van der Waals surface area contributed by atoms with Gasteiger partial charge in [-0.3, -0.25) is 14.4 Å². The second kappa shape index (κ2) is 7.59. The molecular weight excluding hydrogens is 384 g/mol. The summed E-state index contributed by atoms with van der Waals surface area (Å²) in [6.45, 7) is 3.73. The average Bonchev–Trinajstić information content (AvgIpc) is 3.27. The number of benzene rings is 1. The number of hydrogen-bond donors (Lipinski definition) is 0. The van der Waals surface area contributed by atoms with Gasteiger partial charge in [0.25, 0.3) is 5.91 Å². The Morgan fingerprint density at radius 2 is 1.87 bits per heavy atom. The first-order valence-electron chi connectivity index (χ1n) is 10.1. The van der Waals surface area contributed by atoms with Gasteiger partial charge in [-0.15, -0.1) is 0 Å². The zero-order valence-electron chi connectivity index (χ0n) is 17.7. The fourth-order valence-electron chi connectivity index (χ4n) is 4.68. The second-order valence-corrected chi connectivity index (χ2v) is 8.22. The van der Waals surface area contributed by atoms with Crippen LogP contribution >= 0.6 is 0 Å². The van der Waals surface area contributed by atoms with Gasteiger partial charge in [0.05, 0.1) is 23.7 Å². The standard InChI is InChI=1S/C22H26N4O4/c1-13-20(30-14(2)23-13)22(29)25-11-16-10-17(21(28)24(3)4)19(26(16)18(27)12-25)15-8-6-5-7-9-15/h5-9,16-17,19H,10-12H2,1-4H3/t16-,17-,19-/m1/s1. The maximum Gasteiger partial charge on any atom is 0.292 e. The lowest BCUT2D eigenvalue weighted by Crippen LogP contribution is -2.56. The maximum absolute atomic E-state index is 13.2. The molecule has 1 aromatic heterocycles. The van der Waals surface area contributed by atoms with E-state index < -0.39 is 0 Å². The van der Waals surface area contributed by atoms with E-state index in [2.05, 4.69) is 4.98 Å². The summed E-state index contributed by atoms with van der Waals surface area (Å²) in [7, 11) is 3.46. The molecule has 1 aromatic carbocycles. The van der Waals surface area contributed by atoms with Crippen molar-refractivity contribution in [3.63, 3.8) is 0 Å². The summed E-state index contributed by atoms with van der Waals surface area (Å²) < 4.78 is 5.47. The average molecular weight is 410 g/mol. The molecule has 0 unspecified atom stereocenters. The third kappa shape index (κ3) is 3.36. The number of oxazole rings is 1. The van der Waals surface area contributed by atoms with E-state index in [9.17, 15) is 14.4 Å². The monoisotopic (exact) mass is 410 g/mol. The molecule has 2 saturated heterocycles. The van der Waals surface area contributed by atoms with Crippen LogP contribution in [-0.2, 0) is 9.59 Å². The minimum Gasteiger partial charge on any atom is -0.436 e. The molecule has 4 rings (SSSR count). The van der Waals surface area contributed by atoms with Crippen molar-refractivity contribution in [3.8, 4) is 0 Å². The molecule has 3 amide bonds. The molecule has 0 bridgehead atoms. The van der Waals surface area contributed by atoms with Crippen LogP contribution in [0.2, 0.25) is 0 Å². The third-order valence-electron chi connectivity index (χ3n) is 5.93. The summed E-state index contributed by atoms with van der Waals surface area (Å²) in [5.41, 5.74) is 1.46. The molecule has 2 aliphatic heterocycles. The number of carbonyl (C=O) groups excluding carboxylic acids is 3. The van der Waals surface area contributed by atoms with Gasteiger partial charge < -0.3 is 19.1 Å². The van der Waals surface area contributed by atoms with Crippen LogP contribution in [0.25, 0.3) is 0 Å². The number of nitrogens with zero attached hydrogens (tertiary/aromatic N) is 4. The van der Waals surface area contributed by atoms with Crippen molar-refractivity contribution in [2.24, 2.45) is 5.92 Å². The number of piperazine rings is 1. The van der Waals surface area contributed by atoms with Gasteiger partial charge in [-0.1, -0.05) is 30.3 Å². The molecule has 0 saturated carbocycles. The molecule has 0 radical (unpaired) electrons. The molecule has 0 aliphatic carbocycles. The summed E-state index contributed by atoms with van der Waals surface area (Å²) in [6, 6.07) is 9.10. The van der Waals surface area contributed by atoms with Gasteiger partial charge in [0.1, 0.15) is 6.54 Å². The Kier molecular flexibility index (Phi) is 5.09. The Hall–Kier alpha value is -3.16. The van der Waals surface area contributed by atoms with Crippen LogP contribution in [0.15, 0.2) is 34.7 Å². The number of aromatic nitrogens is 1. The van der Waals surface area contributed by atoms with E-state index in [0.29, 0.717) is 24.6 Å². The van der Waals surface area contributed by atoms with Crippen molar-refractivity contribution in [2.75, 3.05) is 27.2 Å². The fourth-order valence-corrected chi connectivity index (χ4v) is 4.68. The molecule has 0 N–H and O–H groups in total. The quantitative estimate of drug-likeness (QED) is 0.770. The maximum atomic E-state index is 13.2. The van der Waals surface area contributed by atoms with Crippen molar-refractivity contribution < 1.29 is 18.8 Å². The molecular formula is C22H26N4O4. The molecule has 30 heavy (non-hydrogen) atoms. The SMILES string of the molecule is Cc1nc(C)c(C(=O)N2CC(=O)N3[C@H](C[C@@H](C(=O)N(C)C)[C@H]3c3ccccc3)C2)o1. The van der Waals surface area contributed by atoms with Gasteiger partial charge in [-0.05, 0) is 18.9 Å². The first-order chi connectivity index (χ1) is 14.3. The minimum atomic E-state index is -0.347. The van der Waals surface area contributed by atoms with E-state index in [-0.39, 0.29) is 48.0 Å². The van der Waals surface area contributed by atoms with Gasteiger partial charge in [-0.25, -0.2) is 4.98 Å². The Bertz CT molecular complexity index is 984. The van der Waals surface area contributed by atoms with Gasteiger partial charge >= 0.3 is 0 Å². The smallest absolute Gasteiger partial charge is 0.292 e. The normalized spacial score (nSPS) is 23.5. The molecule has 8 heteroatoms. The number of hydrogen-bond acceptors (Lipinski definition) is 5. The van der Waals surface area contributed by atoms with Gasteiger partial charge in [0.15, 0.2) is 5.89 Å². The van der Waals surface area contributed by atoms with Crippen molar-refractivity contribution >= 4 is 17.7 Å². The highest BCUT2D eigenvalue weighted by atomic mass is 16.4. The van der Waals surface area contributed by atoms with Crippen LogP contribution in [0.4, 0.5) is 0 Å². The topological polar surface area (TPSA) is 87.0 Å². The molecule has 0 spiro atoms. The summed E-state index contributed by atoms with van der Waals surface area (Å²) in [4.78, 5) is 48.2. The largest absolute Gasteiger partial charge is 0.436 e. The Labute approximate surface area is 175 Å². The molecule has 2 fully saturated rings. The third-order valence-corrected chi connectivity index (χ3v) is 5.93. The van der Waals surface area contributed by atoms with E-state index in [1.54, 1.807) is 32.8 Å². The van der Waals surface area contributed by atoms with Crippen molar-refractivity contribution in [2.45, 2.75) is 32.4 Å². The van der Waals surface area contributed by atoms with Crippen LogP contribution < -0.4 is 0 Å². The van der Waals surface area contributed by atoms with Crippen molar-refractivity contribution in [3.05, 3.63) is 53.2 Å². The summed E-state index contributed by atoms with van der Waals surface area (Å²) in [5.74, 6) is -0.253. The Morgan fingerprint density at radius 1 is 1.17 bits per heavy atom. The molecule has 3 heterocycles. The van der Waals surface area contributed by atoms with E-state index in [1.807, 2.05) is 35.2 Å². The lowest BCUT2D eigenvalue weighted by Gasteiger charge is -2.40. The molecule has 3 atom stereocenters. The molecule has 2 aliphatic rings. The van der Waals surface area contributed by atoms with Crippen LogP contribution in [-0.4, -0.2) is 70.6 Å². The number of carbonyl (C=O) groups is 3. The summed E-state index contributed by atoms with van der Waals surface area (Å²) >= 11 is 0. The second-order valence-electron chi connectivity index (χ2n) is 8.22. The summed E-state index contributed by atoms with van der Waals surface area (Å²) in [5, 5.41) is 0. The van der Waals surface area contributed by atoms with Gasteiger partial charge in [0.2, 0.25) is 17.6 Å². The van der Waals surface area contributed by atoms with E-state index in [0.717, 1.165) is 5.56 Å². The van der Waals surface area contributed by atoms with Crippen LogP contribution in [0.3, 0.4) is 0 Å². The molecule has 2 aromatic rings. The van der Waals surface area contributed by atoms with Crippen LogP contribution in [0, 0.1) is 19.8 Å². The molecule has 8 nitrogen and oxygen atoms in total. The van der Waals surface area contributed by atoms with Gasteiger partial charge in [0, 0.05) is 27.6 Å². The first kappa shape index (κ1) is 20.1. The first-order valence-corrected chi connectivity index (χ1v) is 10.1. The Balaban J connectivity index is 1.64. The summed E-state index contributed by atoms with van der Waals surface area (Å²) in [6.07, 6.45) is 0.514. The molecule has 158 valence electrons. The predicted octanol–water partition coefficient (Wildman–Crippen LogP) is 1.79. The van der Waals surface area contributed by atoms with E-state index in [1.165, 1.54) is 4.90 Å². The minimum absolute atomic E-state index is 0.00867. The highest BCUT2D eigenvalue weighted by molar-refractivity contribution is 5.96. The Morgan fingerprint density at radius 3 is 2.47 bits per heavy atom. The van der Waals surface area contributed by atoms with E-state index >= 15 is 0 Å². The van der Waals surface area contributed by atoms with Crippen LogP contribution in [0.5, 0.6) is 0 Å². The predicted molar refractivity (Wildman–Crippen MR) is 108 cm³/mol. The highest BCUT2D eigenvalue weighted by Crippen LogP contribution is 2.43. The lowest BCUT2D eigenvalue weighted by molar-refractivity contribution is -0.140. The highest BCUT2D eigenvalue weighted by Gasteiger charge is 2.51. The number of aryl methyl sites for hydroxylation is 2. The van der Waals surface area contributed by atoms with E-state index in [4.69, 9.17) is 4.42 Å². The van der Waals surface area contributed by atoms with Gasteiger partial charge in [-0.2, -0.15) is 0 Å². The number of amides is 3. The number of fused-ring (bicyclic) bond motifs is 1.